The van der Waals surface area contributed by atoms with Crippen LogP contribution in [-0.4, -0.2) is 35.9 Å². The second-order valence-corrected chi connectivity index (χ2v) is 8.17. The fraction of sp³-hybridized carbons (Fsp3) is 0.440. The molecular formula is C25H34N2O3. The van der Waals surface area contributed by atoms with Crippen LogP contribution in [0.2, 0.25) is 0 Å². The van der Waals surface area contributed by atoms with Gasteiger partial charge in [-0.1, -0.05) is 68.3 Å². The molecule has 2 aromatic carbocycles. The highest BCUT2D eigenvalue weighted by Crippen LogP contribution is 2.16. The van der Waals surface area contributed by atoms with E-state index in [-0.39, 0.29) is 18.4 Å². The molecule has 5 heteroatoms. The first-order valence-electron chi connectivity index (χ1n) is 10.6. The van der Waals surface area contributed by atoms with E-state index in [1.54, 1.807) is 4.90 Å². The van der Waals surface area contributed by atoms with Crippen LogP contribution in [0.15, 0.2) is 48.5 Å². The smallest absolute Gasteiger partial charge is 0.261 e. The summed E-state index contributed by atoms with van der Waals surface area (Å²) in [6.45, 7) is 10.9. The summed E-state index contributed by atoms with van der Waals surface area (Å²) in [7, 11) is 0. The van der Waals surface area contributed by atoms with Crippen molar-refractivity contribution in [3.8, 4) is 5.75 Å². The van der Waals surface area contributed by atoms with Gasteiger partial charge in [-0.2, -0.15) is 0 Å². The first kappa shape index (κ1) is 23.5. The summed E-state index contributed by atoms with van der Waals surface area (Å²) in [5.41, 5.74) is 3.27. The Balaban J connectivity index is 2.17. The molecule has 0 bridgehead atoms. The fourth-order valence-corrected chi connectivity index (χ4v) is 3.09. The Morgan fingerprint density at radius 1 is 0.967 bits per heavy atom. The van der Waals surface area contributed by atoms with Gasteiger partial charge in [0.1, 0.15) is 11.8 Å². The summed E-state index contributed by atoms with van der Waals surface area (Å²) < 4.78 is 5.71. The monoisotopic (exact) mass is 410 g/mol. The highest BCUT2D eigenvalue weighted by molar-refractivity contribution is 5.88. The molecule has 0 aromatic heterocycles. The highest BCUT2D eigenvalue weighted by Gasteiger charge is 2.29. The van der Waals surface area contributed by atoms with Crippen LogP contribution in [0.3, 0.4) is 0 Å². The Labute approximate surface area is 180 Å². The van der Waals surface area contributed by atoms with Crippen molar-refractivity contribution in [3.63, 3.8) is 0 Å². The molecule has 0 radical (unpaired) electrons. The number of carbonyl (C=O) groups is 2. The summed E-state index contributed by atoms with van der Waals surface area (Å²) in [6.07, 6.45) is 0.534. The number of nitrogens with zero attached hydrogens (tertiary/aromatic N) is 1. The van der Waals surface area contributed by atoms with Crippen LogP contribution in [0, 0.1) is 19.8 Å². The van der Waals surface area contributed by atoms with Crippen LogP contribution < -0.4 is 10.1 Å². The van der Waals surface area contributed by atoms with E-state index in [2.05, 4.69) is 5.32 Å². The molecule has 162 valence electrons. The fourth-order valence-electron chi connectivity index (χ4n) is 3.09. The lowest BCUT2D eigenvalue weighted by molar-refractivity contribution is -0.143. The molecule has 2 aromatic rings. The Morgan fingerprint density at radius 3 is 2.07 bits per heavy atom. The van der Waals surface area contributed by atoms with Crippen molar-refractivity contribution >= 4 is 11.8 Å². The molecule has 0 heterocycles. The molecule has 0 fully saturated rings. The van der Waals surface area contributed by atoms with Crippen LogP contribution in [0.5, 0.6) is 5.75 Å². The predicted octanol–water partition coefficient (Wildman–Crippen LogP) is 4.26. The number of rotatable bonds is 10. The van der Waals surface area contributed by atoms with E-state index in [1.165, 1.54) is 0 Å². The van der Waals surface area contributed by atoms with Gasteiger partial charge >= 0.3 is 0 Å². The maximum absolute atomic E-state index is 13.1. The van der Waals surface area contributed by atoms with E-state index in [1.807, 2.05) is 83.1 Å². The normalized spacial score (nSPS) is 11.8. The largest absolute Gasteiger partial charge is 0.484 e. The van der Waals surface area contributed by atoms with Crippen molar-refractivity contribution in [2.75, 3.05) is 13.2 Å². The zero-order chi connectivity index (χ0) is 22.1. The molecule has 0 aliphatic carbocycles. The molecule has 2 amide bonds. The number of amides is 2. The molecule has 0 aliphatic heterocycles. The van der Waals surface area contributed by atoms with Gasteiger partial charge in [0, 0.05) is 13.1 Å². The first-order valence-corrected chi connectivity index (χ1v) is 10.6. The SMILES string of the molecule is CC[C@H](C(=O)NCC(C)C)N(Cc1ccc(C)cc1)C(=O)COc1ccc(C)cc1. The predicted molar refractivity (Wildman–Crippen MR) is 120 cm³/mol. The van der Waals surface area contributed by atoms with Crippen LogP contribution >= 0.6 is 0 Å². The van der Waals surface area contributed by atoms with Crippen molar-refractivity contribution in [3.05, 3.63) is 65.2 Å². The van der Waals surface area contributed by atoms with Crippen molar-refractivity contribution in [1.29, 1.82) is 0 Å². The molecule has 2 rings (SSSR count). The number of aryl methyl sites for hydroxylation is 2. The maximum Gasteiger partial charge on any atom is 0.261 e. The summed E-state index contributed by atoms with van der Waals surface area (Å²) >= 11 is 0. The number of benzene rings is 2. The van der Waals surface area contributed by atoms with Gasteiger partial charge in [0.25, 0.3) is 5.91 Å². The van der Waals surface area contributed by atoms with Gasteiger partial charge in [0.2, 0.25) is 5.91 Å². The van der Waals surface area contributed by atoms with Crippen LogP contribution in [0.4, 0.5) is 0 Å². The van der Waals surface area contributed by atoms with E-state index >= 15 is 0 Å². The lowest BCUT2D eigenvalue weighted by Crippen LogP contribution is -2.50. The zero-order valence-corrected chi connectivity index (χ0v) is 18.8. The van der Waals surface area contributed by atoms with E-state index in [9.17, 15) is 9.59 Å². The second-order valence-electron chi connectivity index (χ2n) is 8.17. The summed E-state index contributed by atoms with van der Waals surface area (Å²) in [5.74, 6) is 0.656. The number of nitrogens with one attached hydrogen (secondary N) is 1. The molecule has 1 atom stereocenters. The van der Waals surface area contributed by atoms with Gasteiger partial charge in [0.15, 0.2) is 6.61 Å². The van der Waals surface area contributed by atoms with E-state index in [0.29, 0.717) is 31.2 Å². The van der Waals surface area contributed by atoms with Gasteiger partial charge in [-0.25, -0.2) is 0 Å². The molecule has 30 heavy (non-hydrogen) atoms. The van der Waals surface area contributed by atoms with Gasteiger partial charge in [-0.15, -0.1) is 0 Å². The average molecular weight is 411 g/mol. The van der Waals surface area contributed by atoms with Crippen LogP contribution in [0.1, 0.15) is 43.9 Å². The average Bonchev–Trinajstić information content (AvgIpc) is 2.72. The van der Waals surface area contributed by atoms with Crippen molar-refractivity contribution in [2.24, 2.45) is 5.92 Å². The quantitative estimate of drug-likeness (QED) is 0.637. The van der Waals surface area contributed by atoms with Gasteiger partial charge in [0.05, 0.1) is 0 Å². The third-order valence-electron chi connectivity index (χ3n) is 4.93. The standard InChI is InChI=1S/C25H34N2O3/c1-6-23(25(29)26-15-18(2)3)27(16-21-11-7-19(4)8-12-21)24(28)17-30-22-13-9-20(5)10-14-22/h7-14,18,23H,6,15-17H2,1-5H3,(H,26,29)/t23-/m1/s1. The maximum atomic E-state index is 13.1. The Bertz CT molecular complexity index is 813. The minimum absolute atomic E-state index is 0.108. The number of carbonyl (C=O) groups excluding carboxylic acids is 2. The summed E-state index contributed by atoms with van der Waals surface area (Å²) in [6, 6.07) is 15.1. The van der Waals surface area contributed by atoms with Crippen LogP contribution in [0.25, 0.3) is 0 Å². The highest BCUT2D eigenvalue weighted by atomic mass is 16.5. The van der Waals surface area contributed by atoms with Crippen molar-refractivity contribution < 1.29 is 14.3 Å². The molecule has 0 saturated heterocycles. The third kappa shape index (κ3) is 7.21. The van der Waals surface area contributed by atoms with E-state index in [0.717, 1.165) is 16.7 Å². The summed E-state index contributed by atoms with van der Waals surface area (Å²) in [4.78, 5) is 27.6. The Hall–Kier alpha value is -2.82. The van der Waals surface area contributed by atoms with E-state index in [4.69, 9.17) is 4.74 Å². The van der Waals surface area contributed by atoms with Gasteiger partial charge in [-0.3, -0.25) is 9.59 Å². The van der Waals surface area contributed by atoms with E-state index < -0.39 is 6.04 Å². The third-order valence-corrected chi connectivity index (χ3v) is 4.93. The lowest BCUT2D eigenvalue weighted by atomic mass is 10.1. The minimum Gasteiger partial charge on any atom is -0.484 e. The van der Waals surface area contributed by atoms with Crippen molar-refractivity contribution in [1.82, 2.24) is 10.2 Å². The second kappa shape index (κ2) is 11.4. The topological polar surface area (TPSA) is 58.6 Å². The number of hydrogen-bond acceptors (Lipinski definition) is 3. The molecule has 0 spiro atoms. The molecule has 0 unspecified atom stereocenters. The summed E-state index contributed by atoms with van der Waals surface area (Å²) in [5, 5.41) is 2.97. The van der Waals surface area contributed by atoms with Crippen LogP contribution in [-0.2, 0) is 16.1 Å². The first-order chi connectivity index (χ1) is 14.3. The van der Waals surface area contributed by atoms with Gasteiger partial charge < -0.3 is 15.0 Å². The Kier molecular flexibility index (Phi) is 8.90. The van der Waals surface area contributed by atoms with Crippen molar-refractivity contribution in [2.45, 2.75) is 53.6 Å². The minimum atomic E-state index is -0.542. The lowest BCUT2D eigenvalue weighted by Gasteiger charge is -2.31. The zero-order valence-electron chi connectivity index (χ0n) is 18.8. The molecule has 0 saturated carbocycles. The van der Waals surface area contributed by atoms with Gasteiger partial charge in [-0.05, 0) is 43.9 Å². The molecule has 0 aliphatic rings. The number of ether oxygens (including phenoxy) is 1. The molecule has 1 N–H and O–H groups in total. The molecular weight excluding hydrogens is 376 g/mol. The molecule has 5 nitrogen and oxygen atoms in total. The number of hydrogen-bond donors (Lipinski definition) is 1. The Morgan fingerprint density at radius 2 is 1.53 bits per heavy atom.